The van der Waals surface area contributed by atoms with E-state index in [2.05, 4.69) is 69.3 Å². The van der Waals surface area contributed by atoms with Crippen LogP contribution in [0, 0.1) is 0 Å². The van der Waals surface area contributed by atoms with Gasteiger partial charge in [0.2, 0.25) is 5.91 Å². The molecule has 7 heteroatoms. The van der Waals surface area contributed by atoms with Gasteiger partial charge in [0, 0.05) is 55.4 Å². The molecule has 5 rings (SSSR count). The predicted molar refractivity (Wildman–Crippen MR) is 131 cm³/mol. The number of rotatable bonds is 4. The second kappa shape index (κ2) is 9.00. The second-order valence-corrected chi connectivity index (χ2v) is 9.72. The highest BCUT2D eigenvalue weighted by Crippen LogP contribution is 2.32. The molecule has 1 saturated heterocycles. The number of anilines is 1. The molecule has 0 saturated carbocycles. The van der Waals surface area contributed by atoms with Gasteiger partial charge >= 0.3 is 0 Å². The summed E-state index contributed by atoms with van der Waals surface area (Å²) < 4.78 is 1.35. The van der Waals surface area contributed by atoms with Gasteiger partial charge in [0.05, 0.1) is 12.7 Å². The third kappa shape index (κ3) is 4.14. The maximum atomic E-state index is 13.1. The Kier molecular flexibility index (Phi) is 5.93. The lowest BCUT2D eigenvalue weighted by molar-refractivity contribution is -0.132. The molecule has 1 fully saturated rings. The summed E-state index contributed by atoms with van der Waals surface area (Å²) >= 11 is 1.80. The number of hydrogen-bond donors (Lipinski definition) is 0. The second-order valence-electron chi connectivity index (χ2n) is 8.81. The van der Waals surface area contributed by atoms with Crippen LogP contribution in [0.25, 0.3) is 15.7 Å². The van der Waals surface area contributed by atoms with Crippen LogP contribution >= 0.6 is 11.3 Å². The van der Waals surface area contributed by atoms with Crippen molar-refractivity contribution in [2.75, 3.05) is 37.6 Å². The zero-order valence-electron chi connectivity index (χ0n) is 18.6. The Morgan fingerprint density at radius 1 is 1.16 bits per heavy atom. The highest BCUT2D eigenvalue weighted by Gasteiger charge is 2.32. The number of fused-ring (bicyclic) bond motifs is 1. The van der Waals surface area contributed by atoms with Crippen molar-refractivity contribution in [2.45, 2.75) is 32.4 Å². The number of benzene rings is 1. The normalized spacial score (nSPS) is 22.2. The van der Waals surface area contributed by atoms with Crippen LogP contribution in [-0.2, 0) is 4.79 Å². The predicted octanol–water partition coefficient (Wildman–Crippen LogP) is 3.91. The maximum Gasteiger partial charge on any atom is 0.237 e. The molecule has 1 amide bonds. The van der Waals surface area contributed by atoms with Crippen LogP contribution in [0.1, 0.15) is 25.8 Å². The summed E-state index contributed by atoms with van der Waals surface area (Å²) in [6.07, 6.45) is 8.41. The molecule has 6 nitrogen and oxygen atoms in total. The molecule has 2 aliphatic rings. The van der Waals surface area contributed by atoms with Gasteiger partial charge in [-0.15, -0.1) is 11.3 Å². The van der Waals surface area contributed by atoms with Crippen molar-refractivity contribution >= 4 is 38.7 Å². The monoisotopic (exact) mass is 447 g/mol. The van der Waals surface area contributed by atoms with Crippen LogP contribution < -0.4 is 4.90 Å². The average molecular weight is 448 g/mol. The van der Waals surface area contributed by atoms with Gasteiger partial charge in [-0.25, -0.2) is 4.98 Å². The van der Waals surface area contributed by atoms with E-state index in [9.17, 15) is 4.79 Å². The molecule has 166 valence electrons. The summed E-state index contributed by atoms with van der Waals surface area (Å²) in [7, 11) is 0. The van der Waals surface area contributed by atoms with E-state index >= 15 is 0 Å². The van der Waals surface area contributed by atoms with Crippen LogP contribution in [0.2, 0.25) is 0 Å². The summed E-state index contributed by atoms with van der Waals surface area (Å²) in [6.45, 7) is 8.04. The first-order valence-corrected chi connectivity index (χ1v) is 12.2. The van der Waals surface area contributed by atoms with Crippen molar-refractivity contribution in [3.8, 4) is 0 Å². The Hall–Kier alpha value is -2.77. The number of carbonyl (C=O) groups excluding carboxylic acids is 1. The lowest BCUT2D eigenvalue weighted by Crippen LogP contribution is -2.58. The lowest BCUT2D eigenvalue weighted by Gasteiger charge is -2.44. The molecule has 0 unspecified atom stereocenters. The molecule has 0 radical (unpaired) electrons. The van der Waals surface area contributed by atoms with Crippen LogP contribution in [0.3, 0.4) is 0 Å². The largest absolute Gasteiger partial charge is 0.350 e. The van der Waals surface area contributed by atoms with Crippen LogP contribution in [0.5, 0.6) is 0 Å². The zero-order chi connectivity index (χ0) is 22.1. The van der Waals surface area contributed by atoms with Crippen molar-refractivity contribution < 1.29 is 4.79 Å². The fraction of sp³-hybridized carbons (Fsp3) is 0.400. The lowest BCUT2D eigenvalue weighted by atomic mass is 9.98. The average Bonchev–Trinajstić information content (AvgIpc) is 3.31. The van der Waals surface area contributed by atoms with Crippen molar-refractivity contribution in [1.29, 1.82) is 0 Å². The van der Waals surface area contributed by atoms with Gasteiger partial charge < -0.3 is 9.80 Å². The van der Waals surface area contributed by atoms with Gasteiger partial charge in [-0.1, -0.05) is 24.3 Å². The van der Waals surface area contributed by atoms with E-state index in [0.717, 1.165) is 31.9 Å². The summed E-state index contributed by atoms with van der Waals surface area (Å²) in [5.41, 5.74) is 2.69. The number of carbonyl (C=O) groups is 1. The van der Waals surface area contributed by atoms with Gasteiger partial charge in [-0.3, -0.25) is 14.7 Å². The Labute approximate surface area is 193 Å². The fourth-order valence-electron chi connectivity index (χ4n) is 4.84. The Balaban J connectivity index is 1.21. The van der Waals surface area contributed by atoms with E-state index in [1.165, 1.54) is 21.2 Å². The van der Waals surface area contributed by atoms with Crippen molar-refractivity contribution in [3.05, 3.63) is 59.9 Å². The van der Waals surface area contributed by atoms with Gasteiger partial charge in [-0.2, -0.15) is 0 Å². The van der Waals surface area contributed by atoms with E-state index in [1.54, 1.807) is 23.7 Å². The van der Waals surface area contributed by atoms with E-state index in [-0.39, 0.29) is 18.0 Å². The maximum absolute atomic E-state index is 13.1. The number of hydrogen-bond acceptors (Lipinski definition) is 6. The van der Waals surface area contributed by atoms with Crippen molar-refractivity contribution in [2.24, 2.45) is 0 Å². The number of aromatic nitrogens is 2. The molecular weight excluding hydrogens is 418 g/mol. The molecule has 2 atom stereocenters. The number of thiophene rings is 1. The van der Waals surface area contributed by atoms with Crippen LogP contribution in [0.4, 0.5) is 5.82 Å². The standard InChI is InChI=1S/C25H29N5OS/c1-18-16-30(23-14-26-9-10-27-23)19(2)15-29(18)17-24(31)28-11-6-20(7-12-28)22-5-3-4-21-8-13-32-25(21)22/h3-6,8-10,13-14,18-19H,7,11-12,15-17H2,1-2H3/t18-,19+/m0/s1. The first kappa shape index (κ1) is 21.1. The topological polar surface area (TPSA) is 52.6 Å². The minimum Gasteiger partial charge on any atom is -0.350 e. The summed E-state index contributed by atoms with van der Waals surface area (Å²) in [6, 6.07) is 9.25. The fourth-order valence-corrected chi connectivity index (χ4v) is 5.79. The smallest absolute Gasteiger partial charge is 0.237 e. The molecule has 4 heterocycles. The summed E-state index contributed by atoms with van der Waals surface area (Å²) in [5.74, 6) is 1.13. The van der Waals surface area contributed by atoms with Crippen LogP contribution in [0.15, 0.2) is 54.3 Å². The molecule has 0 aliphatic carbocycles. The van der Waals surface area contributed by atoms with E-state index in [4.69, 9.17) is 0 Å². The Bertz CT molecular complexity index is 1130. The number of piperazine rings is 1. The van der Waals surface area contributed by atoms with Gasteiger partial charge in [0.1, 0.15) is 5.82 Å². The van der Waals surface area contributed by atoms with E-state index < -0.39 is 0 Å². The molecule has 0 N–H and O–H groups in total. The quantitative estimate of drug-likeness (QED) is 0.607. The first-order valence-electron chi connectivity index (χ1n) is 11.3. The Morgan fingerprint density at radius 3 is 2.84 bits per heavy atom. The van der Waals surface area contributed by atoms with E-state index in [1.807, 2.05) is 11.1 Å². The first-order chi connectivity index (χ1) is 15.6. The molecule has 2 aromatic heterocycles. The van der Waals surface area contributed by atoms with Gasteiger partial charge in [0.25, 0.3) is 0 Å². The van der Waals surface area contributed by atoms with E-state index in [0.29, 0.717) is 13.1 Å². The minimum absolute atomic E-state index is 0.224. The molecule has 1 aromatic carbocycles. The molecular formula is C25H29N5OS. The molecule has 0 spiro atoms. The third-order valence-corrected chi connectivity index (χ3v) is 7.65. The number of amides is 1. The Morgan fingerprint density at radius 2 is 2.06 bits per heavy atom. The summed E-state index contributed by atoms with van der Waals surface area (Å²) in [4.78, 5) is 28.4. The molecule has 2 aliphatic heterocycles. The van der Waals surface area contributed by atoms with Crippen molar-refractivity contribution in [3.63, 3.8) is 0 Å². The minimum atomic E-state index is 0.224. The SMILES string of the molecule is C[C@@H]1CN(CC(=O)N2CC=C(c3cccc4ccsc34)CC2)[C@@H](C)CN1c1cnccn1. The molecule has 3 aromatic rings. The van der Waals surface area contributed by atoms with Gasteiger partial charge in [0.15, 0.2) is 0 Å². The molecule has 0 bridgehead atoms. The van der Waals surface area contributed by atoms with Crippen LogP contribution in [-0.4, -0.2) is 70.5 Å². The van der Waals surface area contributed by atoms with Crippen molar-refractivity contribution in [1.82, 2.24) is 19.8 Å². The molecule has 32 heavy (non-hydrogen) atoms. The summed E-state index contributed by atoms with van der Waals surface area (Å²) in [5, 5.41) is 3.45. The highest BCUT2D eigenvalue weighted by molar-refractivity contribution is 7.17. The van der Waals surface area contributed by atoms with Gasteiger partial charge in [-0.05, 0) is 48.2 Å². The number of nitrogens with zero attached hydrogens (tertiary/aromatic N) is 5. The third-order valence-electron chi connectivity index (χ3n) is 6.68. The zero-order valence-corrected chi connectivity index (χ0v) is 19.5. The highest BCUT2D eigenvalue weighted by atomic mass is 32.1.